The monoisotopic (exact) mass is 953 g/mol. The number of carbonyl (C=O) groups is 5. The van der Waals surface area contributed by atoms with Crippen LogP contribution in [0.15, 0.2) is 53.6 Å². The highest BCUT2D eigenvalue weighted by molar-refractivity contribution is 6.39. The molecule has 0 radical (unpaired) electrons. The normalized spacial score (nSPS) is 36.2. The molecule has 3 fully saturated rings. The Bertz CT molecular complexity index is 1910. The number of allylic oxidation sites excluding steroid dienone is 3. The highest BCUT2D eigenvalue weighted by Crippen LogP contribution is 2.39. The quantitative estimate of drug-likeness (QED) is 0.128. The van der Waals surface area contributed by atoms with Crippen molar-refractivity contribution < 1.29 is 62.6 Å². The van der Waals surface area contributed by atoms with Gasteiger partial charge in [0, 0.05) is 58.6 Å². The number of piperidine rings is 1. The summed E-state index contributed by atoms with van der Waals surface area (Å²) in [6.07, 6.45) is 4.57. The van der Waals surface area contributed by atoms with Crippen LogP contribution in [0.1, 0.15) is 118 Å². The maximum Gasteiger partial charge on any atom is 0.329 e. The number of Topliss-reactive ketones (excluding diaryl/α,β-unsaturated/α-hetero) is 2. The van der Waals surface area contributed by atoms with Gasteiger partial charge in [0.2, 0.25) is 11.7 Å². The summed E-state index contributed by atoms with van der Waals surface area (Å²) in [4.78, 5) is 71.1. The number of cyclic esters (lactones) is 1. The molecule has 2 bridgehead atoms. The van der Waals surface area contributed by atoms with Gasteiger partial charge in [-0.25, -0.2) is 4.79 Å². The van der Waals surface area contributed by atoms with E-state index in [-0.39, 0.29) is 68.1 Å². The minimum atomic E-state index is -2.52. The van der Waals surface area contributed by atoms with Crippen molar-refractivity contribution in [3.8, 4) is 0 Å². The second-order valence-corrected chi connectivity index (χ2v) is 20.0. The molecule has 2 saturated heterocycles. The van der Waals surface area contributed by atoms with Gasteiger partial charge in [0.05, 0.1) is 30.5 Å². The molecule has 1 saturated carbocycles. The average Bonchev–Trinajstić information content (AvgIpc) is 3.33. The first-order valence-electron chi connectivity index (χ1n) is 25.0. The van der Waals surface area contributed by atoms with Crippen LogP contribution < -0.4 is 5.32 Å². The standard InChI is InChI=1S/C53H80N2O13/c1-10-39-25-32(2)24-33(3)26-45(64-8)49-46(65-9)28-35(5)53(62,68-49)50(59)51(60)55-23-15-14-18-40(55)52(61)67-48(36(6)41(56)30-42(39)57)34(4)27-38-19-20-43(44(29-38)63-7)66-31-47(58)54-22-21-37-16-12-11-13-17-37/h11-13,16-17,25,27,33,35-36,38-41,43-46,48-49,56,62H,10,14-15,18-24,26,28-31H2,1-9H3,(H,54,58)/b32-25+,34-27+/t33-,35+,36+,38-,39+,40-,41-,43+,44+,45-,46-,48+,49+,53+/m0/s1. The van der Waals surface area contributed by atoms with E-state index in [0.717, 1.165) is 11.1 Å². The minimum Gasteiger partial charge on any atom is -0.456 e. The number of esters is 1. The number of aliphatic hydroxyl groups is 2. The van der Waals surface area contributed by atoms with Crippen molar-refractivity contribution in [2.24, 2.45) is 29.6 Å². The van der Waals surface area contributed by atoms with Gasteiger partial charge in [0.15, 0.2) is 0 Å². The molecule has 15 heteroatoms. The van der Waals surface area contributed by atoms with Crippen molar-refractivity contribution in [3.05, 3.63) is 59.2 Å². The number of ketones is 2. The number of nitrogens with zero attached hydrogens (tertiary/aromatic N) is 1. The maximum atomic E-state index is 14.5. The van der Waals surface area contributed by atoms with E-state index >= 15 is 0 Å². The molecule has 14 atom stereocenters. The van der Waals surface area contributed by atoms with Crippen LogP contribution in [0, 0.1) is 29.6 Å². The molecule has 4 aliphatic rings. The Morgan fingerprint density at radius 3 is 2.28 bits per heavy atom. The fraction of sp³-hybridized carbons (Fsp3) is 0.717. The molecule has 3 heterocycles. The third-order valence-electron chi connectivity index (χ3n) is 14.9. The molecular formula is C53H80N2O13. The molecule has 0 spiro atoms. The van der Waals surface area contributed by atoms with E-state index < -0.39 is 77.8 Å². The summed E-state index contributed by atoms with van der Waals surface area (Å²) in [6, 6.07) is 8.76. The topological polar surface area (TPSA) is 196 Å². The van der Waals surface area contributed by atoms with E-state index in [0.29, 0.717) is 69.9 Å². The van der Waals surface area contributed by atoms with Gasteiger partial charge in [-0.3, -0.25) is 19.2 Å². The van der Waals surface area contributed by atoms with E-state index in [2.05, 4.69) is 12.2 Å². The average molecular weight is 953 g/mol. The Morgan fingerprint density at radius 2 is 1.60 bits per heavy atom. The lowest BCUT2D eigenvalue weighted by atomic mass is 9.81. The fourth-order valence-corrected chi connectivity index (χ4v) is 10.8. The zero-order chi connectivity index (χ0) is 49.7. The van der Waals surface area contributed by atoms with Gasteiger partial charge in [0.25, 0.3) is 11.7 Å². The molecule has 1 aromatic rings. The van der Waals surface area contributed by atoms with Gasteiger partial charge in [-0.05, 0) is 107 Å². The van der Waals surface area contributed by atoms with Gasteiger partial charge < -0.3 is 48.9 Å². The Morgan fingerprint density at radius 1 is 0.912 bits per heavy atom. The maximum absolute atomic E-state index is 14.5. The molecule has 380 valence electrons. The number of benzene rings is 1. The van der Waals surface area contributed by atoms with Crippen LogP contribution in [-0.2, 0) is 58.8 Å². The van der Waals surface area contributed by atoms with Crippen LogP contribution in [0.2, 0.25) is 0 Å². The number of aliphatic hydroxyl groups excluding tert-OH is 1. The summed E-state index contributed by atoms with van der Waals surface area (Å²) in [5.74, 6) is -7.91. The highest BCUT2D eigenvalue weighted by atomic mass is 16.7. The molecule has 2 amide bonds. The number of hydrogen-bond donors (Lipinski definition) is 3. The smallest absolute Gasteiger partial charge is 0.329 e. The molecule has 0 aromatic heterocycles. The summed E-state index contributed by atoms with van der Waals surface area (Å²) in [7, 11) is 4.68. The van der Waals surface area contributed by atoms with Crippen molar-refractivity contribution in [3.63, 3.8) is 0 Å². The third kappa shape index (κ3) is 14.2. The molecule has 15 nitrogen and oxygen atoms in total. The first-order valence-corrected chi connectivity index (χ1v) is 25.0. The number of ether oxygens (including phenoxy) is 6. The molecule has 68 heavy (non-hydrogen) atoms. The Labute approximate surface area is 404 Å². The third-order valence-corrected chi connectivity index (χ3v) is 14.9. The van der Waals surface area contributed by atoms with Crippen molar-refractivity contribution in [2.45, 2.75) is 173 Å². The van der Waals surface area contributed by atoms with Crippen molar-refractivity contribution in [1.82, 2.24) is 10.2 Å². The largest absolute Gasteiger partial charge is 0.456 e. The van der Waals surface area contributed by atoms with Gasteiger partial charge in [-0.2, -0.15) is 0 Å². The number of nitrogens with one attached hydrogen (secondary N) is 1. The zero-order valence-electron chi connectivity index (χ0n) is 42.0. The number of carbonyl (C=O) groups excluding carboxylic acids is 5. The Balaban J connectivity index is 1.40. The predicted molar refractivity (Wildman–Crippen MR) is 255 cm³/mol. The molecule has 3 N–H and O–H groups in total. The van der Waals surface area contributed by atoms with E-state index in [1.807, 2.05) is 63.3 Å². The molecule has 1 aromatic carbocycles. The van der Waals surface area contributed by atoms with Crippen molar-refractivity contribution in [2.75, 3.05) is 41.0 Å². The highest BCUT2D eigenvalue weighted by Gasteiger charge is 2.56. The predicted octanol–water partition coefficient (Wildman–Crippen LogP) is 5.86. The number of rotatable bonds is 12. The van der Waals surface area contributed by atoms with Crippen LogP contribution in [-0.4, -0.2) is 140 Å². The number of fused-ring (bicyclic) bond motifs is 3. The number of amides is 2. The molecule has 1 aliphatic carbocycles. The van der Waals surface area contributed by atoms with Crippen molar-refractivity contribution >= 4 is 29.4 Å². The van der Waals surface area contributed by atoms with Crippen LogP contribution in [0.25, 0.3) is 0 Å². The number of methoxy groups -OCH3 is 3. The molecule has 0 unspecified atom stereocenters. The van der Waals surface area contributed by atoms with Crippen LogP contribution in [0.4, 0.5) is 0 Å². The zero-order valence-corrected chi connectivity index (χ0v) is 42.0. The first kappa shape index (κ1) is 55.1. The minimum absolute atomic E-state index is 0.0193. The lowest BCUT2D eigenvalue weighted by molar-refractivity contribution is -0.302. The summed E-state index contributed by atoms with van der Waals surface area (Å²) >= 11 is 0. The SMILES string of the molecule is CC[C@@H]1/C=C(\C)C[C@H](C)C[C@H](OC)[C@H]2O[C@@](O)(C(=O)C(=O)N3CCCC[C@H]3C(=O)O[C@H](/C(C)=C/[C@@H]3CC[C@@H](OCC(=O)NCCc4ccccc4)[C@H](OC)C3)[C@H](C)[C@@H](O)CC1=O)[C@H](C)C[C@@H]2OC. The van der Waals surface area contributed by atoms with Gasteiger partial charge in [-0.1, -0.05) is 75.8 Å². The summed E-state index contributed by atoms with van der Waals surface area (Å²) in [6.45, 7) is 11.7. The van der Waals surface area contributed by atoms with Crippen molar-refractivity contribution in [1.29, 1.82) is 0 Å². The second kappa shape index (κ2) is 25.9. The van der Waals surface area contributed by atoms with Gasteiger partial charge in [0.1, 0.15) is 30.6 Å². The van der Waals surface area contributed by atoms with Crippen LogP contribution >= 0.6 is 0 Å². The Kier molecular flexibility index (Phi) is 21.0. The van der Waals surface area contributed by atoms with Gasteiger partial charge in [-0.15, -0.1) is 0 Å². The molecule has 5 rings (SSSR count). The first-order chi connectivity index (χ1) is 32.4. The molecular weight excluding hydrogens is 873 g/mol. The summed E-state index contributed by atoms with van der Waals surface area (Å²) in [5, 5.41) is 26.9. The van der Waals surface area contributed by atoms with Crippen LogP contribution in [0.5, 0.6) is 0 Å². The van der Waals surface area contributed by atoms with Gasteiger partial charge >= 0.3 is 5.97 Å². The lowest BCUT2D eigenvalue weighted by Gasteiger charge is -2.47. The fourth-order valence-electron chi connectivity index (χ4n) is 10.8. The van der Waals surface area contributed by atoms with E-state index in [9.17, 15) is 34.2 Å². The van der Waals surface area contributed by atoms with Crippen LogP contribution in [0.3, 0.4) is 0 Å². The summed E-state index contributed by atoms with van der Waals surface area (Å²) < 4.78 is 36.4. The molecule has 3 aliphatic heterocycles. The second-order valence-electron chi connectivity index (χ2n) is 20.0. The van der Waals surface area contributed by atoms with E-state index in [1.165, 1.54) is 19.1 Å². The van der Waals surface area contributed by atoms with E-state index in [1.54, 1.807) is 21.0 Å². The number of hydrogen-bond acceptors (Lipinski definition) is 13. The Hall–Kier alpha value is -3.83. The lowest BCUT2D eigenvalue weighted by Crippen LogP contribution is -2.64. The summed E-state index contributed by atoms with van der Waals surface area (Å²) in [5.41, 5.74) is 2.77. The van der Waals surface area contributed by atoms with E-state index in [4.69, 9.17) is 28.4 Å².